The number of benzene rings is 1. The van der Waals surface area contributed by atoms with Gasteiger partial charge in [-0.05, 0) is 63.0 Å². The molecule has 0 saturated carbocycles. The maximum Gasteiger partial charge on any atom is 0.191 e. The molecule has 6 nitrogen and oxygen atoms in total. The highest BCUT2D eigenvalue weighted by Gasteiger charge is 2.26. The van der Waals surface area contributed by atoms with Crippen molar-refractivity contribution in [1.82, 2.24) is 15.5 Å². The molecule has 1 fully saturated rings. The quantitative estimate of drug-likeness (QED) is 0.287. The fourth-order valence-corrected chi connectivity index (χ4v) is 3.39. The highest BCUT2D eigenvalue weighted by atomic mass is 127. The number of nitrogens with one attached hydrogen (secondary N) is 2. The summed E-state index contributed by atoms with van der Waals surface area (Å²) in [6, 6.07) is 12.2. The molecule has 0 aliphatic carbocycles. The van der Waals surface area contributed by atoms with Crippen LogP contribution in [0.15, 0.2) is 52.1 Å². The average Bonchev–Trinajstić information content (AvgIpc) is 3.39. The first kappa shape index (κ1) is 23.7. The Labute approximate surface area is 190 Å². The molecule has 1 atom stereocenters. The van der Waals surface area contributed by atoms with Gasteiger partial charge in [0.15, 0.2) is 5.96 Å². The van der Waals surface area contributed by atoms with Crippen LogP contribution in [0.4, 0.5) is 0 Å². The smallest absolute Gasteiger partial charge is 0.191 e. The number of aliphatic imine (C=N–C) groups is 1. The summed E-state index contributed by atoms with van der Waals surface area (Å²) in [5, 5.41) is 17.0. The lowest BCUT2D eigenvalue weighted by atomic mass is 10.0. The molecule has 7 heteroatoms. The van der Waals surface area contributed by atoms with Crippen LogP contribution in [0.5, 0.6) is 0 Å². The molecule has 3 N–H and O–H groups in total. The summed E-state index contributed by atoms with van der Waals surface area (Å²) in [4.78, 5) is 7.15. The summed E-state index contributed by atoms with van der Waals surface area (Å²) in [7, 11) is 0. The van der Waals surface area contributed by atoms with E-state index in [9.17, 15) is 5.11 Å². The second kappa shape index (κ2) is 11.6. The first-order chi connectivity index (χ1) is 13.6. The van der Waals surface area contributed by atoms with Crippen molar-refractivity contribution in [3.8, 4) is 0 Å². The molecule has 1 unspecified atom stereocenters. The second-order valence-corrected chi connectivity index (χ2v) is 7.60. The molecule has 1 aliphatic heterocycles. The van der Waals surface area contributed by atoms with Gasteiger partial charge in [-0.2, -0.15) is 0 Å². The lowest BCUT2D eigenvalue weighted by Crippen LogP contribution is -2.44. The van der Waals surface area contributed by atoms with Crippen LogP contribution in [0.25, 0.3) is 0 Å². The van der Waals surface area contributed by atoms with Gasteiger partial charge in [-0.3, -0.25) is 4.90 Å². The van der Waals surface area contributed by atoms with Crippen molar-refractivity contribution in [2.75, 3.05) is 26.2 Å². The zero-order chi connectivity index (χ0) is 19.8. The van der Waals surface area contributed by atoms with Crippen molar-refractivity contribution in [2.24, 2.45) is 4.99 Å². The third kappa shape index (κ3) is 7.31. The van der Waals surface area contributed by atoms with E-state index in [4.69, 9.17) is 4.42 Å². The Kier molecular flexibility index (Phi) is 9.45. The topological polar surface area (TPSA) is 73.0 Å². The van der Waals surface area contributed by atoms with Crippen LogP contribution in [-0.4, -0.2) is 42.1 Å². The van der Waals surface area contributed by atoms with Crippen LogP contribution in [0, 0.1) is 0 Å². The van der Waals surface area contributed by atoms with Gasteiger partial charge in [0.25, 0.3) is 0 Å². The number of guanidine groups is 1. The fourth-order valence-electron chi connectivity index (χ4n) is 3.39. The molecule has 3 rings (SSSR count). The minimum absolute atomic E-state index is 0. The molecule has 29 heavy (non-hydrogen) atoms. The zero-order valence-corrected chi connectivity index (χ0v) is 19.7. The lowest BCUT2D eigenvalue weighted by molar-refractivity contribution is 0.0386. The van der Waals surface area contributed by atoms with Gasteiger partial charge in [-0.15, -0.1) is 24.0 Å². The van der Waals surface area contributed by atoms with Crippen LogP contribution in [0.3, 0.4) is 0 Å². The van der Waals surface area contributed by atoms with E-state index in [1.165, 1.54) is 37.1 Å². The van der Waals surface area contributed by atoms with Crippen molar-refractivity contribution < 1.29 is 9.52 Å². The number of halogens is 1. The van der Waals surface area contributed by atoms with Crippen LogP contribution >= 0.6 is 24.0 Å². The largest absolute Gasteiger partial charge is 0.466 e. The summed E-state index contributed by atoms with van der Waals surface area (Å²) in [6.07, 6.45) is 4.20. The summed E-state index contributed by atoms with van der Waals surface area (Å²) in [6.45, 7) is 8.86. The number of likely N-dealkylation sites (tertiary alicyclic amines) is 1. The van der Waals surface area contributed by atoms with Gasteiger partial charge in [0.05, 0.1) is 19.4 Å². The highest BCUT2D eigenvalue weighted by Crippen LogP contribution is 2.19. The van der Waals surface area contributed by atoms with E-state index in [1.807, 2.05) is 6.92 Å². The minimum atomic E-state index is -1.10. The fraction of sp³-hybridized carbons (Fsp3) is 0.500. The Morgan fingerprint density at radius 1 is 1.14 bits per heavy atom. The van der Waals surface area contributed by atoms with Gasteiger partial charge in [-0.1, -0.05) is 24.3 Å². The monoisotopic (exact) mass is 512 g/mol. The Bertz CT molecular complexity index is 739. The SMILES string of the molecule is CCNC(=NCc1ccc(CN2CCCC2)cc1)NCC(C)(O)c1ccco1.I. The molecule has 0 radical (unpaired) electrons. The van der Waals surface area contributed by atoms with E-state index >= 15 is 0 Å². The Morgan fingerprint density at radius 2 is 1.83 bits per heavy atom. The van der Waals surface area contributed by atoms with Gasteiger partial charge in [0.2, 0.25) is 0 Å². The first-order valence-electron chi connectivity index (χ1n) is 10.2. The second-order valence-electron chi connectivity index (χ2n) is 7.60. The van der Waals surface area contributed by atoms with Crippen LogP contribution in [0.1, 0.15) is 43.6 Å². The third-order valence-corrected chi connectivity index (χ3v) is 5.04. The number of aliphatic hydroxyl groups is 1. The Balaban J connectivity index is 0.00000300. The lowest BCUT2D eigenvalue weighted by Gasteiger charge is -2.22. The van der Waals surface area contributed by atoms with Crippen molar-refractivity contribution in [2.45, 2.75) is 45.4 Å². The van der Waals surface area contributed by atoms with Gasteiger partial charge in [0, 0.05) is 13.1 Å². The summed E-state index contributed by atoms with van der Waals surface area (Å²) in [5.74, 6) is 1.21. The number of hydrogen-bond acceptors (Lipinski definition) is 4. The highest BCUT2D eigenvalue weighted by molar-refractivity contribution is 14.0. The number of hydrogen-bond donors (Lipinski definition) is 3. The number of rotatable bonds is 8. The molecular formula is C22H33IN4O2. The van der Waals surface area contributed by atoms with E-state index in [-0.39, 0.29) is 24.0 Å². The molecule has 2 aromatic rings. The molecule has 1 aliphatic rings. The minimum Gasteiger partial charge on any atom is -0.466 e. The van der Waals surface area contributed by atoms with Crippen molar-refractivity contribution >= 4 is 29.9 Å². The van der Waals surface area contributed by atoms with E-state index in [0.29, 0.717) is 24.8 Å². The summed E-state index contributed by atoms with van der Waals surface area (Å²) in [5.41, 5.74) is 1.42. The maximum absolute atomic E-state index is 10.6. The van der Waals surface area contributed by atoms with Crippen molar-refractivity contribution in [3.05, 3.63) is 59.5 Å². The molecule has 1 aromatic heterocycles. The predicted octanol–water partition coefficient (Wildman–Crippen LogP) is 3.46. The van der Waals surface area contributed by atoms with Crippen molar-refractivity contribution in [1.29, 1.82) is 0 Å². The van der Waals surface area contributed by atoms with Crippen LogP contribution < -0.4 is 10.6 Å². The van der Waals surface area contributed by atoms with Crippen molar-refractivity contribution in [3.63, 3.8) is 0 Å². The zero-order valence-electron chi connectivity index (χ0n) is 17.4. The van der Waals surface area contributed by atoms with E-state index in [0.717, 1.165) is 13.1 Å². The molecule has 1 aromatic carbocycles. The van der Waals surface area contributed by atoms with E-state index in [2.05, 4.69) is 44.8 Å². The molecule has 2 heterocycles. The Hall–Kier alpha value is -1.58. The molecular weight excluding hydrogens is 479 g/mol. The molecule has 0 amide bonds. The standard InChI is InChI=1S/C22H32N4O2.HI/c1-3-23-21(25-17-22(2,27)20-7-6-14-28-20)24-15-18-8-10-19(11-9-18)16-26-12-4-5-13-26;/h6-11,14,27H,3-5,12-13,15-17H2,1-2H3,(H2,23,24,25);1H. The third-order valence-electron chi connectivity index (χ3n) is 5.04. The van der Waals surface area contributed by atoms with Crippen LogP contribution in [0.2, 0.25) is 0 Å². The molecule has 160 valence electrons. The molecule has 1 saturated heterocycles. The first-order valence-corrected chi connectivity index (χ1v) is 10.2. The van der Waals surface area contributed by atoms with Gasteiger partial charge >= 0.3 is 0 Å². The predicted molar refractivity (Wildman–Crippen MR) is 127 cm³/mol. The van der Waals surface area contributed by atoms with Gasteiger partial charge < -0.3 is 20.2 Å². The van der Waals surface area contributed by atoms with E-state index < -0.39 is 5.60 Å². The van der Waals surface area contributed by atoms with Gasteiger partial charge in [0.1, 0.15) is 11.4 Å². The van der Waals surface area contributed by atoms with Gasteiger partial charge in [-0.25, -0.2) is 4.99 Å². The normalized spacial score (nSPS) is 16.9. The Morgan fingerprint density at radius 3 is 2.45 bits per heavy atom. The summed E-state index contributed by atoms with van der Waals surface area (Å²) >= 11 is 0. The molecule has 0 spiro atoms. The molecule has 0 bridgehead atoms. The number of nitrogens with zero attached hydrogens (tertiary/aromatic N) is 2. The average molecular weight is 512 g/mol. The van der Waals surface area contributed by atoms with E-state index in [1.54, 1.807) is 25.3 Å². The number of furan rings is 1. The summed E-state index contributed by atoms with van der Waals surface area (Å²) < 4.78 is 5.32. The maximum atomic E-state index is 10.6. The van der Waals surface area contributed by atoms with Crippen LogP contribution in [-0.2, 0) is 18.7 Å².